The molecule has 0 saturated heterocycles. The van der Waals surface area contributed by atoms with Crippen molar-refractivity contribution in [1.29, 1.82) is 0 Å². The summed E-state index contributed by atoms with van der Waals surface area (Å²) in [5.74, 6) is 0.631. The minimum absolute atomic E-state index is 0.283. The molecule has 0 spiro atoms. The van der Waals surface area contributed by atoms with Gasteiger partial charge in [-0.2, -0.15) is 9.36 Å². The molecule has 0 amide bonds. The van der Waals surface area contributed by atoms with Crippen LogP contribution in [0.15, 0.2) is 28.1 Å². The van der Waals surface area contributed by atoms with Crippen molar-refractivity contribution in [2.75, 3.05) is 0 Å². The van der Waals surface area contributed by atoms with E-state index in [0.717, 1.165) is 16.8 Å². The number of benzene rings is 1. The first kappa shape index (κ1) is 14.7. The maximum Gasteiger partial charge on any atom is 0.368 e. The number of nitrogens with zero attached hydrogens (tertiary/aromatic N) is 5. The summed E-state index contributed by atoms with van der Waals surface area (Å²) in [6.45, 7) is 1.98. The van der Waals surface area contributed by atoms with Gasteiger partial charge in [0.05, 0.1) is 18.6 Å². The number of hydrogen-bond acceptors (Lipinski definition) is 7. The van der Waals surface area contributed by atoms with Crippen molar-refractivity contribution >= 4 is 30.2 Å². The van der Waals surface area contributed by atoms with Crippen LogP contribution in [0, 0.1) is 6.92 Å². The molecule has 0 unspecified atom stereocenters. The second kappa shape index (κ2) is 6.62. The van der Waals surface area contributed by atoms with Crippen LogP contribution in [-0.2, 0) is 17.1 Å². The van der Waals surface area contributed by atoms with Crippen LogP contribution in [-0.4, -0.2) is 25.3 Å². The minimum atomic E-state index is -0.283. The molecule has 20 heavy (non-hydrogen) atoms. The van der Waals surface area contributed by atoms with Crippen molar-refractivity contribution in [2.24, 2.45) is 12.2 Å². The molecule has 0 N–H and O–H groups in total. The zero-order valence-electron chi connectivity index (χ0n) is 10.9. The monoisotopic (exact) mass is 311 g/mol. The first-order valence-electron chi connectivity index (χ1n) is 5.67. The molecule has 0 aliphatic rings. The summed E-state index contributed by atoms with van der Waals surface area (Å²) in [5, 5.41) is 11.1. The largest absolute Gasteiger partial charge is 0.368 e. The number of tetrazole rings is 1. The lowest BCUT2D eigenvalue weighted by Gasteiger charge is -2.09. The maximum atomic E-state index is 11.9. The molecule has 2 rings (SSSR count). The van der Waals surface area contributed by atoms with Crippen LogP contribution in [0.5, 0.6) is 0 Å². The van der Waals surface area contributed by atoms with Gasteiger partial charge in [-0.15, -0.1) is 11.8 Å². The van der Waals surface area contributed by atoms with Crippen LogP contribution in [0.3, 0.4) is 0 Å². The van der Waals surface area contributed by atoms with E-state index in [2.05, 4.69) is 32.8 Å². The van der Waals surface area contributed by atoms with Gasteiger partial charge in [0.15, 0.2) is 0 Å². The van der Waals surface area contributed by atoms with Crippen LogP contribution in [0.25, 0.3) is 5.69 Å². The Kier molecular flexibility index (Phi) is 4.85. The van der Waals surface area contributed by atoms with E-state index in [1.807, 2.05) is 25.1 Å². The third-order valence-corrected chi connectivity index (χ3v) is 3.51. The molecule has 0 saturated carbocycles. The molecule has 106 valence electrons. The fourth-order valence-electron chi connectivity index (χ4n) is 1.71. The van der Waals surface area contributed by atoms with E-state index < -0.39 is 0 Å². The first-order valence-corrected chi connectivity index (χ1v) is 7.08. The molecule has 7 nitrogen and oxygen atoms in total. The normalized spacial score (nSPS) is 11.2. The molecule has 0 radical (unpaired) electrons. The zero-order chi connectivity index (χ0) is 14.5. The molecule has 0 fully saturated rings. The van der Waals surface area contributed by atoms with Gasteiger partial charge in [-0.25, -0.2) is 4.79 Å². The van der Waals surface area contributed by atoms with Crippen LogP contribution in [0.1, 0.15) is 11.1 Å². The second-order valence-electron chi connectivity index (χ2n) is 3.97. The molecule has 1 aromatic carbocycles. The Balaban J connectivity index is 2.38. The number of aryl methyl sites for hydroxylation is 2. The lowest BCUT2D eigenvalue weighted by atomic mass is 10.1. The van der Waals surface area contributed by atoms with E-state index in [1.165, 1.54) is 21.1 Å². The maximum absolute atomic E-state index is 11.9. The molecule has 0 aliphatic carbocycles. The quantitative estimate of drug-likeness (QED) is 0.296. The number of aromatic nitrogens is 4. The Hall–Kier alpha value is -1.74. The molecule has 1 heterocycles. The van der Waals surface area contributed by atoms with E-state index in [4.69, 9.17) is 0 Å². The van der Waals surface area contributed by atoms with Crippen molar-refractivity contribution < 1.29 is 4.28 Å². The Morgan fingerprint density at radius 2 is 2.30 bits per heavy atom. The van der Waals surface area contributed by atoms with Gasteiger partial charge in [0.1, 0.15) is 5.55 Å². The van der Waals surface area contributed by atoms with E-state index >= 15 is 0 Å². The van der Waals surface area contributed by atoms with Crippen LogP contribution in [0.2, 0.25) is 0 Å². The molecule has 0 atom stereocenters. The predicted octanol–water partition coefficient (Wildman–Crippen LogP) is 1.31. The summed E-state index contributed by atoms with van der Waals surface area (Å²) in [6, 6.07) is 5.70. The highest BCUT2D eigenvalue weighted by Crippen LogP contribution is 2.21. The van der Waals surface area contributed by atoms with Crippen molar-refractivity contribution in [1.82, 2.24) is 19.8 Å². The number of rotatable bonds is 5. The van der Waals surface area contributed by atoms with E-state index in [9.17, 15) is 4.79 Å². The topological polar surface area (TPSA) is 74.3 Å². The van der Waals surface area contributed by atoms with Gasteiger partial charge in [-0.1, -0.05) is 17.3 Å². The standard InChI is InChI=1S/C11H13N5O2S2/c1-8-4-3-5-10(9(8)6-20-7-12-18-19)16-11(17)15(2)13-14-16/h3-5,7,19H,6H2,1-2H3. The molecular weight excluding hydrogens is 298 g/mol. The number of thiol groups is 1. The highest BCUT2D eigenvalue weighted by Gasteiger charge is 2.12. The Morgan fingerprint density at radius 1 is 1.50 bits per heavy atom. The summed E-state index contributed by atoms with van der Waals surface area (Å²) in [6.07, 6.45) is 0. The van der Waals surface area contributed by atoms with Gasteiger partial charge < -0.3 is 4.28 Å². The average Bonchev–Trinajstić information content (AvgIpc) is 2.76. The van der Waals surface area contributed by atoms with Crippen LogP contribution in [0.4, 0.5) is 0 Å². The van der Waals surface area contributed by atoms with Gasteiger partial charge in [0, 0.05) is 12.8 Å². The van der Waals surface area contributed by atoms with Crippen molar-refractivity contribution in [3.8, 4) is 5.69 Å². The lowest BCUT2D eigenvalue weighted by Crippen LogP contribution is -2.23. The summed E-state index contributed by atoms with van der Waals surface area (Å²) in [5.41, 5.74) is 4.03. The fourth-order valence-corrected chi connectivity index (χ4v) is 2.54. The smallest absolute Gasteiger partial charge is 0.325 e. The Bertz CT molecular complexity index is 680. The van der Waals surface area contributed by atoms with Gasteiger partial charge in [-0.3, -0.25) is 0 Å². The highest BCUT2D eigenvalue weighted by molar-refractivity contribution is 8.11. The molecule has 0 aliphatic heterocycles. The second-order valence-corrected chi connectivity index (χ2v) is 4.97. The third kappa shape index (κ3) is 3.05. The van der Waals surface area contributed by atoms with Crippen molar-refractivity contribution in [3.63, 3.8) is 0 Å². The summed E-state index contributed by atoms with van der Waals surface area (Å²) in [4.78, 5) is 11.9. The van der Waals surface area contributed by atoms with E-state index in [0.29, 0.717) is 5.75 Å². The molecule has 9 heteroatoms. The average molecular weight is 311 g/mol. The van der Waals surface area contributed by atoms with E-state index in [-0.39, 0.29) is 5.69 Å². The molecular formula is C11H13N5O2S2. The van der Waals surface area contributed by atoms with E-state index in [1.54, 1.807) is 12.6 Å². The zero-order valence-corrected chi connectivity index (χ0v) is 12.6. The van der Waals surface area contributed by atoms with Crippen molar-refractivity contribution in [2.45, 2.75) is 12.7 Å². The molecule has 0 bridgehead atoms. The third-order valence-electron chi connectivity index (χ3n) is 2.73. The van der Waals surface area contributed by atoms with Gasteiger partial charge >= 0.3 is 5.69 Å². The fraction of sp³-hybridized carbons (Fsp3) is 0.273. The lowest BCUT2D eigenvalue weighted by molar-refractivity contribution is 0.419. The molecule has 2 aromatic rings. The highest BCUT2D eigenvalue weighted by atomic mass is 32.2. The van der Waals surface area contributed by atoms with Gasteiger partial charge in [0.25, 0.3) is 0 Å². The summed E-state index contributed by atoms with van der Waals surface area (Å²) >= 11 is 4.95. The van der Waals surface area contributed by atoms with Crippen LogP contribution >= 0.6 is 24.7 Å². The van der Waals surface area contributed by atoms with Crippen LogP contribution < -0.4 is 5.69 Å². The number of thioether (sulfide) groups is 1. The Labute approximate surface area is 125 Å². The van der Waals surface area contributed by atoms with Gasteiger partial charge in [-0.05, 0) is 34.5 Å². The Morgan fingerprint density at radius 3 is 2.95 bits per heavy atom. The van der Waals surface area contributed by atoms with Gasteiger partial charge in [0.2, 0.25) is 0 Å². The summed E-state index contributed by atoms with van der Waals surface area (Å²) in [7, 11) is 1.56. The van der Waals surface area contributed by atoms with Crippen molar-refractivity contribution in [3.05, 3.63) is 39.8 Å². The number of oxime groups is 1. The molecule has 1 aromatic heterocycles. The predicted molar refractivity (Wildman–Crippen MR) is 81.2 cm³/mol. The summed E-state index contributed by atoms with van der Waals surface area (Å²) < 4.78 is 6.79. The first-order chi connectivity index (χ1) is 9.65. The SMILES string of the molecule is Cc1cccc(-n2nnn(C)c2=O)c1CSC=NOS. The number of hydrogen-bond donors (Lipinski definition) is 1. The minimum Gasteiger partial charge on any atom is -0.325 e.